The third kappa shape index (κ3) is 3.74. The fraction of sp³-hybridized carbons (Fsp3) is 0.200. The molecule has 0 fully saturated rings. The maximum atomic E-state index is 13.4. The highest BCUT2D eigenvalue weighted by Gasteiger charge is 2.08. The fourth-order valence-corrected chi connectivity index (χ4v) is 1.94. The molecule has 4 heteroatoms. The standard InChI is InChI=1S/C15H14F3N/c1-10(7-11-3-2-4-12(16)8-11)19-15-9-13(17)5-6-14(15)18/h2-6,8-10,19H,7H2,1H3. The summed E-state index contributed by atoms with van der Waals surface area (Å²) in [6, 6.07) is 9.33. The number of rotatable bonds is 4. The maximum Gasteiger partial charge on any atom is 0.146 e. The van der Waals surface area contributed by atoms with E-state index in [-0.39, 0.29) is 17.5 Å². The van der Waals surface area contributed by atoms with Crippen LogP contribution in [0, 0.1) is 17.5 Å². The van der Waals surface area contributed by atoms with E-state index in [9.17, 15) is 13.2 Å². The van der Waals surface area contributed by atoms with Gasteiger partial charge >= 0.3 is 0 Å². The monoisotopic (exact) mass is 265 g/mol. The van der Waals surface area contributed by atoms with E-state index in [0.29, 0.717) is 6.42 Å². The average Bonchev–Trinajstić information content (AvgIpc) is 2.34. The van der Waals surface area contributed by atoms with Crippen LogP contribution in [-0.4, -0.2) is 6.04 Å². The van der Waals surface area contributed by atoms with Crippen LogP contribution in [0.1, 0.15) is 12.5 Å². The molecule has 2 aromatic carbocycles. The Labute approximate surface area is 110 Å². The molecule has 0 heterocycles. The summed E-state index contributed by atoms with van der Waals surface area (Å²) in [5.41, 5.74) is 0.917. The van der Waals surface area contributed by atoms with Gasteiger partial charge in [0.25, 0.3) is 0 Å². The molecule has 0 aromatic heterocycles. The molecule has 1 atom stereocenters. The van der Waals surface area contributed by atoms with Gasteiger partial charge in [-0.15, -0.1) is 0 Å². The molecule has 2 aromatic rings. The first kappa shape index (κ1) is 13.5. The summed E-state index contributed by atoms with van der Waals surface area (Å²) in [4.78, 5) is 0. The van der Waals surface area contributed by atoms with Gasteiger partial charge in [-0.05, 0) is 49.2 Å². The summed E-state index contributed by atoms with van der Waals surface area (Å²) in [6.07, 6.45) is 0.522. The third-order valence-electron chi connectivity index (χ3n) is 2.76. The molecule has 0 amide bonds. The molecule has 100 valence electrons. The van der Waals surface area contributed by atoms with E-state index >= 15 is 0 Å². The second kappa shape index (κ2) is 5.78. The average molecular weight is 265 g/mol. The number of halogens is 3. The van der Waals surface area contributed by atoms with Gasteiger partial charge in [-0.25, -0.2) is 13.2 Å². The molecule has 0 radical (unpaired) electrons. The quantitative estimate of drug-likeness (QED) is 0.875. The van der Waals surface area contributed by atoms with Crippen LogP contribution >= 0.6 is 0 Å². The number of hydrogen-bond acceptors (Lipinski definition) is 1. The van der Waals surface area contributed by atoms with E-state index < -0.39 is 11.6 Å². The van der Waals surface area contributed by atoms with Gasteiger partial charge in [-0.2, -0.15) is 0 Å². The molecule has 1 unspecified atom stereocenters. The second-order valence-corrected chi connectivity index (χ2v) is 4.50. The lowest BCUT2D eigenvalue weighted by Gasteiger charge is -2.16. The predicted molar refractivity (Wildman–Crippen MR) is 69.5 cm³/mol. The van der Waals surface area contributed by atoms with E-state index in [4.69, 9.17) is 0 Å². The molecular weight excluding hydrogens is 251 g/mol. The minimum atomic E-state index is -0.507. The highest BCUT2D eigenvalue weighted by Crippen LogP contribution is 2.17. The molecule has 0 aliphatic rings. The Bertz CT molecular complexity index is 569. The van der Waals surface area contributed by atoms with Crippen molar-refractivity contribution in [1.29, 1.82) is 0 Å². The molecule has 0 aliphatic heterocycles. The van der Waals surface area contributed by atoms with E-state index in [1.54, 1.807) is 12.1 Å². The molecule has 1 nitrogen and oxygen atoms in total. The van der Waals surface area contributed by atoms with Crippen molar-refractivity contribution < 1.29 is 13.2 Å². The van der Waals surface area contributed by atoms with Crippen LogP contribution in [-0.2, 0) is 6.42 Å². The number of nitrogens with one attached hydrogen (secondary N) is 1. The summed E-state index contributed by atoms with van der Waals surface area (Å²) in [7, 11) is 0. The molecular formula is C15H14F3N. The Kier molecular flexibility index (Phi) is 4.10. The lowest BCUT2D eigenvalue weighted by Crippen LogP contribution is -2.19. The normalized spacial score (nSPS) is 12.2. The van der Waals surface area contributed by atoms with Crippen molar-refractivity contribution in [2.45, 2.75) is 19.4 Å². The fourth-order valence-electron chi connectivity index (χ4n) is 1.94. The second-order valence-electron chi connectivity index (χ2n) is 4.50. The lowest BCUT2D eigenvalue weighted by atomic mass is 10.1. The summed E-state index contributed by atoms with van der Waals surface area (Å²) in [5.74, 6) is -1.31. The summed E-state index contributed by atoms with van der Waals surface area (Å²) < 4.78 is 39.5. The van der Waals surface area contributed by atoms with Crippen molar-refractivity contribution in [2.24, 2.45) is 0 Å². The van der Waals surface area contributed by atoms with Crippen LogP contribution in [0.15, 0.2) is 42.5 Å². The first-order valence-corrected chi connectivity index (χ1v) is 6.00. The Hall–Kier alpha value is -1.97. The van der Waals surface area contributed by atoms with Crippen molar-refractivity contribution in [3.05, 3.63) is 65.5 Å². The molecule has 2 rings (SSSR count). The Morgan fingerprint density at radius 3 is 2.47 bits per heavy atom. The summed E-state index contributed by atoms with van der Waals surface area (Å²) in [5, 5.41) is 2.88. The first-order chi connectivity index (χ1) is 9.04. The number of hydrogen-bond donors (Lipinski definition) is 1. The summed E-state index contributed by atoms with van der Waals surface area (Å²) in [6.45, 7) is 1.83. The van der Waals surface area contributed by atoms with Gasteiger partial charge < -0.3 is 5.32 Å². The van der Waals surface area contributed by atoms with Gasteiger partial charge in [-0.3, -0.25) is 0 Å². The SMILES string of the molecule is CC(Cc1cccc(F)c1)Nc1cc(F)ccc1F. The molecule has 0 aliphatic carbocycles. The maximum absolute atomic E-state index is 13.4. The minimum absolute atomic E-state index is 0.115. The van der Waals surface area contributed by atoms with Crippen LogP contribution < -0.4 is 5.32 Å². The van der Waals surface area contributed by atoms with Crippen LogP contribution in [0.25, 0.3) is 0 Å². The van der Waals surface area contributed by atoms with E-state index in [1.807, 2.05) is 6.92 Å². The molecule has 0 saturated carbocycles. The van der Waals surface area contributed by atoms with Gasteiger partial charge in [-0.1, -0.05) is 12.1 Å². The van der Waals surface area contributed by atoms with Gasteiger partial charge in [0.15, 0.2) is 0 Å². The zero-order valence-corrected chi connectivity index (χ0v) is 10.5. The summed E-state index contributed by atoms with van der Waals surface area (Å²) >= 11 is 0. The van der Waals surface area contributed by atoms with E-state index in [1.165, 1.54) is 12.1 Å². The van der Waals surface area contributed by atoms with Crippen molar-refractivity contribution in [3.8, 4) is 0 Å². The van der Waals surface area contributed by atoms with Gasteiger partial charge in [0.1, 0.15) is 17.5 Å². The third-order valence-corrected chi connectivity index (χ3v) is 2.76. The molecule has 1 N–H and O–H groups in total. The minimum Gasteiger partial charge on any atom is -0.380 e. The smallest absolute Gasteiger partial charge is 0.146 e. The van der Waals surface area contributed by atoms with Crippen molar-refractivity contribution in [2.75, 3.05) is 5.32 Å². The lowest BCUT2D eigenvalue weighted by molar-refractivity contribution is 0.599. The van der Waals surface area contributed by atoms with Crippen LogP contribution in [0.4, 0.5) is 18.9 Å². The molecule has 19 heavy (non-hydrogen) atoms. The highest BCUT2D eigenvalue weighted by molar-refractivity contribution is 5.45. The molecule has 0 bridgehead atoms. The van der Waals surface area contributed by atoms with E-state index in [2.05, 4.69) is 5.32 Å². The molecule has 0 spiro atoms. The Balaban J connectivity index is 2.05. The van der Waals surface area contributed by atoms with Crippen LogP contribution in [0.2, 0.25) is 0 Å². The van der Waals surface area contributed by atoms with Gasteiger partial charge in [0.2, 0.25) is 0 Å². The van der Waals surface area contributed by atoms with Crippen molar-refractivity contribution in [3.63, 3.8) is 0 Å². The van der Waals surface area contributed by atoms with Crippen LogP contribution in [0.5, 0.6) is 0 Å². The predicted octanol–water partition coefficient (Wildman–Crippen LogP) is 4.15. The van der Waals surface area contributed by atoms with E-state index in [0.717, 1.165) is 23.8 Å². The zero-order chi connectivity index (χ0) is 13.8. The highest BCUT2D eigenvalue weighted by atomic mass is 19.1. The Morgan fingerprint density at radius 1 is 1.00 bits per heavy atom. The zero-order valence-electron chi connectivity index (χ0n) is 10.5. The first-order valence-electron chi connectivity index (χ1n) is 6.00. The van der Waals surface area contributed by atoms with Crippen molar-refractivity contribution in [1.82, 2.24) is 0 Å². The Morgan fingerprint density at radius 2 is 1.74 bits per heavy atom. The molecule has 0 saturated heterocycles. The van der Waals surface area contributed by atoms with Gasteiger partial charge in [0, 0.05) is 6.04 Å². The largest absolute Gasteiger partial charge is 0.380 e. The number of anilines is 1. The van der Waals surface area contributed by atoms with Crippen molar-refractivity contribution >= 4 is 5.69 Å². The topological polar surface area (TPSA) is 12.0 Å². The number of benzene rings is 2. The van der Waals surface area contributed by atoms with Crippen LogP contribution in [0.3, 0.4) is 0 Å². The van der Waals surface area contributed by atoms with Gasteiger partial charge in [0.05, 0.1) is 5.69 Å².